The summed E-state index contributed by atoms with van der Waals surface area (Å²) >= 11 is 0. The number of hydrogen-bond donors (Lipinski definition) is 18. The van der Waals surface area contributed by atoms with E-state index in [9.17, 15) is 63.7 Å². The number of aliphatic imine (C=N–C) groups is 1. The molecule has 0 aromatic heterocycles. The topological polar surface area (TPSA) is 546 Å². The van der Waals surface area contributed by atoms with Gasteiger partial charge in [0.05, 0.1) is 36.4 Å². The second-order valence-electron chi connectivity index (χ2n) is 18.4. The summed E-state index contributed by atoms with van der Waals surface area (Å²) < 4.78 is 0. The summed E-state index contributed by atoms with van der Waals surface area (Å²) in [6.07, 6.45) is 0.355. The second kappa shape index (κ2) is 35.9. The van der Waals surface area contributed by atoms with Gasteiger partial charge in [0.1, 0.15) is 41.9 Å². The number of carboxylic acid groups (broad SMARTS) is 1. The summed E-state index contributed by atoms with van der Waals surface area (Å²) in [7, 11) is 0. The predicted octanol–water partition coefficient (Wildman–Crippen LogP) is -7.66. The first-order chi connectivity index (χ1) is 37.2. The number of aliphatic hydroxyl groups is 2. The van der Waals surface area contributed by atoms with Gasteiger partial charge in [-0.2, -0.15) is 5.26 Å². The summed E-state index contributed by atoms with van der Waals surface area (Å²) in [6.45, 7) is -1.13. The van der Waals surface area contributed by atoms with Crippen molar-refractivity contribution in [2.45, 2.75) is 132 Å². The monoisotopic (exact) mass is 1100 g/mol. The van der Waals surface area contributed by atoms with Crippen LogP contribution in [0.25, 0.3) is 0 Å². The summed E-state index contributed by atoms with van der Waals surface area (Å²) in [5.74, 6) is -8.92. The van der Waals surface area contributed by atoms with Gasteiger partial charge in [-0.15, -0.1) is 0 Å². The molecule has 1 saturated heterocycles. The van der Waals surface area contributed by atoms with E-state index in [1.54, 1.807) is 12.1 Å². The Labute approximate surface area is 452 Å². The number of likely N-dealkylation sites (tertiary alicyclic amines) is 1. The number of carbonyl (C=O) groups is 9. The van der Waals surface area contributed by atoms with Gasteiger partial charge in [0.2, 0.25) is 47.3 Å². The van der Waals surface area contributed by atoms with E-state index in [2.05, 4.69) is 42.2 Å². The molecule has 1 fully saturated rings. The van der Waals surface area contributed by atoms with Crippen LogP contribution in [0.4, 0.5) is 0 Å². The molecule has 30 nitrogen and oxygen atoms in total. The zero-order valence-electron chi connectivity index (χ0n) is 43.7. The smallest absolute Gasteiger partial charge is 0.352 e. The molecule has 1 aromatic carbocycles. The van der Waals surface area contributed by atoms with Gasteiger partial charge in [0, 0.05) is 32.6 Å². The van der Waals surface area contributed by atoms with Crippen molar-refractivity contribution in [2.24, 2.45) is 50.9 Å². The minimum Gasteiger partial charge on any atom is -0.477 e. The molecule has 30 heteroatoms. The molecule has 1 heterocycles. The summed E-state index contributed by atoms with van der Waals surface area (Å²) in [4.78, 5) is 127. The average molecular weight is 1100 g/mol. The standard InChI is InChI=1S/C48H80N18O12/c49-17-3-1-8-29(55)40(70)64-39(36(68)25-54)45(75)65-38(35(67)24-53)44(74)59-26-37(69)60-31(10-5-19-51)46(76)66-21-7-12-34(66)43(73)63-33(22-27-13-15-28(23-52)16-14-27)42(72)61-30(9-2-4-18-50)41(71)62-32(47(77)78)11-6-20-58-48(56)57/h11,13-16,29-31,33-36,38-39,67-68H,1-10,12,17-22,24-26,49-51,53-55H2,(H,59,74)(H,60,69)(H,61,72)(H,62,71)(H,63,73)(H,64,70)(H,65,75)(H,77,78)(H4,56,57,58)/b32-11-/t29-,30-,31+,33?,34-,35-,36-,38-,39-/m0/s1. The Kier molecular flexibility index (Phi) is 30.7. The molecule has 78 heavy (non-hydrogen) atoms. The lowest BCUT2D eigenvalue weighted by atomic mass is 10.0. The number of amides is 8. The number of carbonyl (C=O) groups excluding carboxylic acids is 8. The van der Waals surface area contributed by atoms with Gasteiger partial charge in [-0.1, -0.05) is 24.6 Å². The Hall–Kier alpha value is -7.37. The van der Waals surface area contributed by atoms with Crippen molar-refractivity contribution in [3.8, 4) is 6.07 Å². The number of aliphatic carboxylic acids is 1. The number of nitriles is 1. The zero-order valence-corrected chi connectivity index (χ0v) is 43.7. The maximum Gasteiger partial charge on any atom is 0.352 e. The molecule has 9 atom stereocenters. The van der Waals surface area contributed by atoms with E-state index in [1.807, 2.05) is 6.07 Å². The number of rotatable bonds is 36. The lowest BCUT2D eigenvalue weighted by Crippen LogP contribution is -2.63. The van der Waals surface area contributed by atoms with Crippen LogP contribution in [0.3, 0.4) is 0 Å². The quantitative estimate of drug-likeness (QED) is 0.0128. The zero-order chi connectivity index (χ0) is 58.3. The van der Waals surface area contributed by atoms with Crippen LogP contribution in [0, 0.1) is 11.3 Å². The van der Waals surface area contributed by atoms with Crippen LogP contribution in [-0.2, 0) is 49.6 Å². The number of unbranched alkanes of at least 4 members (excludes halogenated alkanes) is 2. The molecular formula is C48H80N18O12. The number of carboxylic acids is 1. The lowest BCUT2D eigenvalue weighted by molar-refractivity contribution is -0.142. The maximum atomic E-state index is 14.3. The van der Waals surface area contributed by atoms with Crippen molar-refractivity contribution in [2.75, 3.05) is 52.4 Å². The molecule has 1 aliphatic rings. The largest absolute Gasteiger partial charge is 0.477 e. The number of nitrogens with two attached hydrogens (primary N) is 8. The fraction of sp³-hybridized carbons (Fsp3) is 0.604. The van der Waals surface area contributed by atoms with Crippen LogP contribution in [0.15, 0.2) is 41.0 Å². The van der Waals surface area contributed by atoms with Gasteiger partial charge in [0.15, 0.2) is 5.96 Å². The van der Waals surface area contributed by atoms with Crippen LogP contribution >= 0.6 is 0 Å². The van der Waals surface area contributed by atoms with Crippen LogP contribution in [-0.4, -0.2) is 186 Å². The van der Waals surface area contributed by atoms with Crippen molar-refractivity contribution in [1.29, 1.82) is 5.26 Å². The fourth-order valence-corrected chi connectivity index (χ4v) is 7.97. The Morgan fingerprint density at radius 1 is 0.718 bits per heavy atom. The minimum absolute atomic E-state index is 0.0127. The SMILES string of the molecule is N#Cc1ccc(CC(NC(=O)[C@@H]2CCCN2C(=O)[C@@H](CCCN)NC(=O)CNC(=O)[C@@H](NC(=O)[C@@H](NC(=O)[C@@H](N)CCCCN)[C@@H](O)CN)[C@@H](O)CN)C(=O)N[C@@H](CCCCN)C(=O)N/C(=C\CCN=C(N)N)C(=O)O)cc1. The molecular weight excluding hydrogens is 1020 g/mol. The highest BCUT2D eigenvalue weighted by molar-refractivity contribution is 5.99. The predicted molar refractivity (Wildman–Crippen MR) is 284 cm³/mol. The Balaban J connectivity index is 2.34. The van der Waals surface area contributed by atoms with Gasteiger partial charge in [-0.25, -0.2) is 4.79 Å². The molecule has 1 aliphatic heterocycles. The number of nitrogens with zero attached hydrogens (tertiary/aromatic N) is 3. The van der Waals surface area contributed by atoms with E-state index < -0.39 is 133 Å². The highest BCUT2D eigenvalue weighted by atomic mass is 16.4. The lowest BCUT2D eigenvalue weighted by Gasteiger charge is -2.30. The number of guanidine groups is 1. The van der Waals surface area contributed by atoms with Crippen molar-refractivity contribution in [1.82, 2.24) is 42.1 Å². The van der Waals surface area contributed by atoms with Gasteiger partial charge in [-0.05, 0) is 102 Å². The number of benzene rings is 1. The third-order valence-corrected chi connectivity index (χ3v) is 12.3. The number of aliphatic hydroxyl groups excluding tert-OH is 2. The Morgan fingerprint density at radius 2 is 1.31 bits per heavy atom. The molecule has 8 amide bonds. The molecule has 0 saturated carbocycles. The minimum atomic E-state index is -1.83. The molecule has 0 spiro atoms. The van der Waals surface area contributed by atoms with E-state index in [-0.39, 0.29) is 77.1 Å². The molecule has 1 aromatic rings. The first-order valence-corrected chi connectivity index (χ1v) is 25.7. The number of nitrogens with one attached hydrogen (secondary N) is 7. The van der Waals surface area contributed by atoms with Gasteiger partial charge in [-0.3, -0.25) is 43.3 Å². The van der Waals surface area contributed by atoms with Crippen molar-refractivity contribution in [3.63, 3.8) is 0 Å². The van der Waals surface area contributed by atoms with E-state index in [1.165, 1.54) is 23.1 Å². The first kappa shape index (κ1) is 66.7. The van der Waals surface area contributed by atoms with Gasteiger partial charge >= 0.3 is 5.97 Å². The fourth-order valence-electron chi connectivity index (χ4n) is 7.97. The van der Waals surface area contributed by atoms with Gasteiger partial charge in [0.25, 0.3) is 0 Å². The van der Waals surface area contributed by atoms with Crippen LogP contribution in [0.2, 0.25) is 0 Å². The van der Waals surface area contributed by atoms with Crippen LogP contribution < -0.4 is 83.1 Å². The highest BCUT2D eigenvalue weighted by Gasteiger charge is 2.40. The summed E-state index contributed by atoms with van der Waals surface area (Å²) in [5.41, 5.74) is 45.1. The molecule has 2 rings (SSSR count). The molecule has 0 aliphatic carbocycles. The highest BCUT2D eigenvalue weighted by Crippen LogP contribution is 2.21. The molecule has 1 unspecified atom stereocenters. The molecule has 26 N–H and O–H groups in total. The maximum absolute atomic E-state index is 14.3. The van der Waals surface area contributed by atoms with Crippen LogP contribution in [0.1, 0.15) is 81.8 Å². The Bertz CT molecular complexity index is 2260. The van der Waals surface area contributed by atoms with Crippen LogP contribution in [0.5, 0.6) is 0 Å². The summed E-state index contributed by atoms with van der Waals surface area (Å²) in [6, 6.07) is -1.75. The van der Waals surface area contributed by atoms with E-state index in [0.29, 0.717) is 49.8 Å². The summed E-state index contributed by atoms with van der Waals surface area (Å²) in [5, 5.41) is 57.4. The van der Waals surface area contributed by atoms with E-state index in [4.69, 9.17) is 45.9 Å². The first-order valence-electron chi connectivity index (χ1n) is 25.7. The third-order valence-electron chi connectivity index (χ3n) is 12.3. The average Bonchev–Trinajstić information content (AvgIpc) is 3.92. The van der Waals surface area contributed by atoms with Crippen molar-refractivity contribution in [3.05, 3.63) is 47.2 Å². The molecule has 434 valence electrons. The van der Waals surface area contributed by atoms with Gasteiger partial charge < -0.3 is 103 Å². The van der Waals surface area contributed by atoms with Crippen molar-refractivity contribution < 1.29 is 58.5 Å². The molecule has 0 radical (unpaired) electrons. The molecule has 0 bridgehead atoms. The van der Waals surface area contributed by atoms with E-state index >= 15 is 0 Å². The second-order valence-corrected chi connectivity index (χ2v) is 18.4. The normalized spacial score (nSPS) is 16.3. The Morgan fingerprint density at radius 3 is 1.88 bits per heavy atom. The van der Waals surface area contributed by atoms with E-state index in [0.717, 1.165) is 0 Å². The third kappa shape index (κ3) is 23.1. The number of hydrogen-bond acceptors (Lipinski definition) is 19. The van der Waals surface area contributed by atoms with Crippen molar-refractivity contribution >= 4 is 59.2 Å².